The van der Waals surface area contributed by atoms with Crippen LogP contribution in [0.2, 0.25) is 0 Å². The average molecular weight is 295 g/mol. The molecule has 116 valence electrons. The number of nitrogens with one attached hydrogen (secondary N) is 1. The number of carbonyl (C=O) groups excluding carboxylic acids is 1. The molecule has 1 aromatic rings. The van der Waals surface area contributed by atoms with Crippen LogP contribution >= 0.6 is 0 Å². The van der Waals surface area contributed by atoms with Gasteiger partial charge in [-0.05, 0) is 37.1 Å². The molecule has 0 spiro atoms. The van der Waals surface area contributed by atoms with Gasteiger partial charge < -0.3 is 15.2 Å². The number of hydrogen-bond acceptors (Lipinski definition) is 3. The van der Waals surface area contributed by atoms with Crippen LogP contribution < -0.4 is 10.1 Å². The number of ether oxygens (including phenoxy) is 1. The number of benzene rings is 1. The first kappa shape index (κ1) is 15.8. The van der Waals surface area contributed by atoms with Gasteiger partial charge >= 0.3 is 0 Å². The van der Waals surface area contributed by atoms with E-state index in [1.165, 1.54) is 24.3 Å². The number of aliphatic hydroxyl groups excluding tert-OH is 1. The Hall–Kier alpha value is -1.62. The fourth-order valence-electron chi connectivity index (χ4n) is 2.73. The second-order valence-corrected chi connectivity index (χ2v) is 5.88. The molecule has 4 nitrogen and oxygen atoms in total. The fourth-order valence-corrected chi connectivity index (χ4v) is 2.73. The summed E-state index contributed by atoms with van der Waals surface area (Å²) in [6, 6.07) is 5.74. The number of hydrogen-bond donors (Lipinski definition) is 2. The van der Waals surface area contributed by atoms with E-state index in [1.807, 2.05) is 6.92 Å². The summed E-state index contributed by atoms with van der Waals surface area (Å²) in [7, 11) is 0. The summed E-state index contributed by atoms with van der Waals surface area (Å²) in [4.78, 5) is 11.9. The first-order chi connectivity index (χ1) is 10.0. The minimum Gasteiger partial charge on any atom is -0.493 e. The Kier molecular flexibility index (Phi) is 5.17. The Morgan fingerprint density at radius 1 is 1.48 bits per heavy atom. The molecule has 21 heavy (non-hydrogen) atoms. The average Bonchev–Trinajstić information content (AvgIpc) is 2.83. The van der Waals surface area contributed by atoms with Gasteiger partial charge in [0, 0.05) is 11.5 Å². The molecule has 0 radical (unpaired) electrons. The third kappa shape index (κ3) is 4.17. The van der Waals surface area contributed by atoms with Crippen molar-refractivity contribution in [2.75, 3.05) is 13.2 Å². The van der Waals surface area contributed by atoms with Crippen molar-refractivity contribution in [1.82, 2.24) is 5.32 Å². The molecule has 1 aliphatic carbocycles. The smallest absolute Gasteiger partial charge is 0.223 e. The van der Waals surface area contributed by atoms with Crippen molar-refractivity contribution in [1.29, 1.82) is 0 Å². The van der Waals surface area contributed by atoms with Crippen LogP contribution in [0.15, 0.2) is 24.3 Å². The van der Waals surface area contributed by atoms with Crippen molar-refractivity contribution in [2.24, 2.45) is 5.41 Å². The lowest BCUT2D eigenvalue weighted by Gasteiger charge is -2.30. The molecular weight excluding hydrogens is 273 g/mol. The molecule has 1 amide bonds. The van der Waals surface area contributed by atoms with Crippen LogP contribution in [0.4, 0.5) is 4.39 Å². The first-order valence-corrected chi connectivity index (χ1v) is 7.32. The molecule has 0 aliphatic heterocycles. The Bertz CT molecular complexity index is 477. The summed E-state index contributed by atoms with van der Waals surface area (Å²) in [5.41, 5.74) is -0.215. The van der Waals surface area contributed by atoms with Gasteiger partial charge in [-0.2, -0.15) is 0 Å². The number of halogens is 1. The normalized spacial score (nSPS) is 24.8. The van der Waals surface area contributed by atoms with E-state index in [2.05, 4.69) is 5.32 Å². The summed E-state index contributed by atoms with van der Waals surface area (Å²) in [6.07, 6.45) is 3.10. The molecular formula is C16H22FNO3. The van der Waals surface area contributed by atoms with Crippen LogP contribution in [0.25, 0.3) is 0 Å². The molecule has 1 saturated carbocycles. The zero-order chi connectivity index (χ0) is 15.3. The molecule has 2 N–H and O–H groups in total. The maximum Gasteiger partial charge on any atom is 0.223 e. The summed E-state index contributed by atoms with van der Waals surface area (Å²) < 4.78 is 18.1. The van der Waals surface area contributed by atoms with E-state index in [-0.39, 0.29) is 42.8 Å². The standard InChI is InChI=1S/C16H22FNO3/c1-16(11-19)9-2-3-14(16)18-15(20)8-10-21-13-6-4-12(17)5-7-13/h4-7,14,19H,2-3,8-11H2,1H3,(H,18,20). The highest BCUT2D eigenvalue weighted by molar-refractivity contribution is 5.76. The van der Waals surface area contributed by atoms with Crippen molar-refractivity contribution in [3.8, 4) is 5.75 Å². The van der Waals surface area contributed by atoms with E-state index in [0.717, 1.165) is 19.3 Å². The van der Waals surface area contributed by atoms with Crippen molar-refractivity contribution in [3.05, 3.63) is 30.1 Å². The number of carbonyl (C=O) groups is 1. The minimum absolute atomic E-state index is 0.0285. The van der Waals surface area contributed by atoms with Crippen LogP contribution in [0.3, 0.4) is 0 Å². The van der Waals surface area contributed by atoms with Gasteiger partial charge in [-0.25, -0.2) is 4.39 Å². The molecule has 0 aromatic heterocycles. The van der Waals surface area contributed by atoms with Crippen LogP contribution in [-0.2, 0) is 4.79 Å². The van der Waals surface area contributed by atoms with Crippen molar-refractivity contribution < 1.29 is 19.0 Å². The van der Waals surface area contributed by atoms with Gasteiger partial charge in [0.25, 0.3) is 0 Å². The molecule has 1 fully saturated rings. The molecule has 2 rings (SSSR count). The lowest BCUT2D eigenvalue weighted by Crippen LogP contribution is -2.45. The predicted octanol–water partition coefficient (Wildman–Crippen LogP) is 2.26. The second kappa shape index (κ2) is 6.89. The van der Waals surface area contributed by atoms with E-state index >= 15 is 0 Å². The van der Waals surface area contributed by atoms with Gasteiger partial charge in [0.1, 0.15) is 11.6 Å². The molecule has 0 saturated heterocycles. The molecule has 2 atom stereocenters. The van der Waals surface area contributed by atoms with Crippen molar-refractivity contribution >= 4 is 5.91 Å². The summed E-state index contributed by atoms with van der Waals surface area (Å²) in [6.45, 7) is 2.34. The molecule has 1 aliphatic rings. The maximum atomic E-state index is 12.7. The van der Waals surface area contributed by atoms with E-state index in [9.17, 15) is 14.3 Å². The second-order valence-electron chi connectivity index (χ2n) is 5.88. The van der Waals surface area contributed by atoms with E-state index < -0.39 is 0 Å². The van der Waals surface area contributed by atoms with E-state index in [0.29, 0.717) is 5.75 Å². The number of rotatable bonds is 6. The molecule has 0 heterocycles. The van der Waals surface area contributed by atoms with Gasteiger partial charge in [0.15, 0.2) is 0 Å². The third-order valence-electron chi connectivity index (χ3n) is 4.19. The van der Waals surface area contributed by atoms with Crippen LogP contribution in [-0.4, -0.2) is 30.3 Å². The van der Waals surface area contributed by atoms with Gasteiger partial charge in [-0.1, -0.05) is 13.3 Å². The van der Waals surface area contributed by atoms with E-state index in [4.69, 9.17) is 4.74 Å². The number of amides is 1. The molecule has 5 heteroatoms. The van der Waals surface area contributed by atoms with Crippen LogP contribution in [0.5, 0.6) is 5.75 Å². The SMILES string of the molecule is CC1(CO)CCCC1NC(=O)CCOc1ccc(F)cc1. The Labute approximate surface area is 124 Å². The highest BCUT2D eigenvalue weighted by Crippen LogP contribution is 2.37. The first-order valence-electron chi connectivity index (χ1n) is 7.32. The van der Waals surface area contributed by atoms with Gasteiger partial charge in [0.05, 0.1) is 19.6 Å². The van der Waals surface area contributed by atoms with E-state index in [1.54, 1.807) is 0 Å². The van der Waals surface area contributed by atoms with Gasteiger partial charge in [0.2, 0.25) is 5.91 Å². The Morgan fingerprint density at radius 2 is 2.19 bits per heavy atom. The Balaban J connectivity index is 1.74. The molecule has 0 bridgehead atoms. The zero-order valence-electron chi connectivity index (χ0n) is 12.3. The summed E-state index contributed by atoms with van der Waals surface area (Å²) >= 11 is 0. The number of aliphatic hydroxyl groups is 1. The maximum absolute atomic E-state index is 12.7. The quantitative estimate of drug-likeness (QED) is 0.846. The zero-order valence-corrected chi connectivity index (χ0v) is 12.3. The third-order valence-corrected chi connectivity index (χ3v) is 4.19. The summed E-state index contributed by atoms with van der Waals surface area (Å²) in [5.74, 6) is 0.151. The van der Waals surface area contributed by atoms with Gasteiger partial charge in [-0.15, -0.1) is 0 Å². The summed E-state index contributed by atoms with van der Waals surface area (Å²) in [5, 5.41) is 12.4. The lowest BCUT2D eigenvalue weighted by molar-refractivity contribution is -0.123. The lowest BCUT2D eigenvalue weighted by atomic mass is 9.86. The van der Waals surface area contributed by atoms with Crippen molar-refractivity contribution in [2.45, 2.75) is 38.6 Å². The van der Waals surface area contributed by atoms with Crippen molar-refractivity contribution in [3.63, 3.8) is 0 Å². The topological polar surface area (TPSA) is 58.6 Å². The fraction of sp³-hybridized carbons (Fsp3) is 0.562. The monoisotopic (exact) mass is 295 g/mol. The Morgan fingerprint density at radius 3 is 2.86 bits per heavy atom. The molecule has 2 unspecified atom stereocenters. The predicted molar refractivity (Wildman–Crippen MR) is 77.5 cm³/mol. The largest absolute Gasteiger partial charge is 0.493 e. The highest BCUT2D eigenvalue weighted by atomic mass is 19.1. The van der Waals surface area contributed by atoms with Crippen LogP contribution in [0.1, 0.15) is 32.6 Å². The highest BCUT2D eigenvalue weighted by Gasteiger charge is 2.38. The van der Waals surface area contributed by atoms with Gasteiger partial charge in [-0.3, -0.25) is 4.79 Å². The minimum atomic E-state index is -0.315. The van der Waals surface area contributed by atoms with Crippen LogP contribution in [0, 0.1) is 11.2 Å². The molecule has 1 aromatic carbocycles.